The Morgan fingerprint density at radius 3 is 1.37 bits per heavy atom. The third-order valence-corrected chi connectivity index (χ3v) is 3.92. The summed E-state index contributed by atoms with van der Waals surface area (Å²) in [5, 5.41) is 8.03. The van der Waals surface area contributed by atoms with Crippen molar-refractivity contribution in [1.29, 1.82) is 0 Å². The summed E-state index contributed by atoms with van der Waals surface area (Å²) in [6, 6.07) is 14.7. The molecule has 3 nitrogen and oxygen atoms in total. The second-order valence-electron chi connectivity index (χ2n) is 5.83. The smallest absolute Gasteiger partial charge is 0.169 e. The first-order valence-electron chi connectivity index (χ1n) is 7.95. The van der Waals surface area contributed by atoms with Crippen LogP contribution in [0.3, 0.4) is 0 Å². The van der Waals surface area contributed by atoms with Crippen molar-refractivity contribution in [2.45, 2.75) is 0 Å². The largest absolute Gasteiger partial charge is 0.275 e. The normalized spacial score (nSPS) is 11.0. The number of nitrogens with zero attached hydrogens (tertiary/aromatic N) is 3. The Morgan fingerprint density at radius 2 is 0.963 bits per heavy atom. The van der Waals surface area contributed by atoms with Gasteiger partial charge in [-0.25, -0.2) is 17.6 Å². The molecule has 0 aliphatic carbocycles. The van der Waals surface area contributed by atoms with Gasteiger partial charge in [0.2, 0.25) is 0 Å². The summed E-state index contributed by atoms with van der Waals surface area (Å²) in [5.74, 6) is -2.81. The summed E-state index contributed by atoms with van der Waals surface area (Å²) in [6.45, 7) is 0. The van der Waals surface area contributed by atoms with Crippen LogP contribution in [-0.4, -0.2) is 14.8 Å². The highest BCUT2D eigenvalue weighted by Gasteiger charge is 2.19. The van der Waals surface area contributed by atoms with Gasteiger partial charge in [0.25, 0.3) is 0 Å². The third-order valence-electron chi connectivity index (χ3n) is 3.92. The molecule has 134 valence electrons. The fourth-order valence-electron chi connectivity index (χ4n) is 2.85. The first kappa shape index (κ1) is 17.0. The van der Waals surface area contributed by atoms with Crippen molar-refractivity contribution in [3.63, 3.8) is 0 Å². The minimum absolute atomic E-state index is 0.138. The van der Waals surface area contributed by atoms with Crippen LogP contribution in [0.5, 0.6) is 0 Å². The Bertz CT molecular complexity index is 1010. The SMILES string of the molecule is Fc1cc(F)cc(-c2nnc(-c3cc(F)cc(F)c3)n2-c2ccccc2)c1. The zero-order valence-corrected chi connectivity index (χ0v) is 13.7. The van der Waals surface area contributed by atoms with E-state index < -0.39 is 23.3 Å². The van der Waals surface area contributed by atoms with Gasteiger partial charge in [0.05, 0.1) is 0 Å². The lowest BCUT2D eigenvalue weighted by molar-refractivity contribution is 0.583. The predicted molar refractivity (Wildman–Crippen MR) is 92.1 cm³/mol. The maximum absolute atomic E-state index is 13.7. The number of hydrogen-bond donors (Lipinski definition) is 0. The molecule has 0 bridgehead atoms. The lowest BCUT2D eigenvalue weighted by atomic mass is 10.1. The van der Waals surface area contributed by atoms with Crippen LogP contribution in [0.25, 0.3) is 28.5 Å². The van der Waals surface area contributed by atoms with E-state index in [0.29, 0.717) is 5.69 Å². The molecule has 0 radical (unpaired) electrons. The maximum Gasteiger partial charge on any atom is 0.169 e. The number of halogens is 4. The van der Waals surface area contributed by atoms with Crippen molar-refractivity contribution in [2.24, 2.45) is 0 Å². The quantitative estimate of drug-likeness (QED) is 0.467. The van der Waals surface area contributed by atoms with Gasteiger partial charge in [-0.05, 0) is 36.4 Å². The molecular weight excluding hydrogens is 358 g/mol. The summed E-state index contributed by atoms with van der Waals surface area (Å²) in [4.78, 5) is 0. The van der Waals surface area contributed by atoms with Crippen molar-refractivity contribution < 1.29 is 17.6 Å². The van der Waals surface area contributed by atoms with E-state index in [2.05, 4.69) is 10.2 Å². The monoisotopic (exact) mass is 369 g/mol. The van der Waals surface area contributed by atoms with Crippen LogP contribution in [0.4, 0.5) is 17.6 Å². The van der Waals surface area contributed by atoms with Crippen LogP contribution in [-0.2, 0) is 0 Å². The maximum atomic E-state index is 13.7. The Balaban J connectivity index is 2.00. The molecule has 0 fully saturated rings. The minimum atomic E-state index is -0.772. The highest BCUT2D eigenvalue weighted by molar-refractivity contribution is 5.66. The Morgan fingerprint density at radius 1 is 0.556 bits per heavy atom. The van der Waals surface area contributed by atoms with Gasteiger partial charge in [-0.1, -0.05) is 18.2 Å². The Hall–Kier alpha value is -3.48. The molecule has 4 aromatic rings. The van der Waals surface area contributed by atoms with Gasteiger partial charge in [0, 0.05) is 28.9 Å². The van der Waals surface area contributed by atoms with Gasteiger partial charge in [0.1, 0.15) is 23.3 Å². The van der Waals surface area contributed by atoms with Crippen molar-refractivity contribution in [2.75, 3.05) is 0 Å². The fourth-order valence-corrected chi connectivity index (χ4v) is 2.85. The van der Waals surface area contributed by atoms with Crippen LogP contribution < -0.4 is 0 Å². The summed E-state index contributed by atoms with van der Waals surface area (Å²) in [5.41, 5.74) is 0.862. The molecule has 1 heterocycles. The summed E-state index contributed by atoms with van der Waals surface area (Å²) in [6.07, 6.45) is 0. The molecule has 27 heavy (non-hydrogen) atoms. The summed E-state index contributed by atoms with van der Waals surface area (Å²) < 4.78 is 56.2. The van der Waals surface area contributed by atoms with Gasteiger partial charge >= 0.3 is 0 Å². The number of para-hydroxylation sites is 1. The summed E-state index contributed by atoms with van der Waals surface area (Å²) >= 11 is 0. The van der Waals surface area contributed by atoms with Crippen LogP contribution in [0.1, 0.15) is 0 Å². The van der Waals surface area contributed by atoms with E-state index in [0.717, 1.165) is 36.4 Å². The first-order chi connectivity index (χ1) is 13.0. The number of benzene rings is 3. The molecule has 4 rings (SSSR count). The Labute approximate surface area is 151 Å². The van der Waals surface area contributed by atoms with E-state index in [1.54, 1.807) is 30.3 Å². The van der Waals surface area contributed by atoms with Crippen molar-refractivity contribution in [1.82, 2.24) is 14.8 Å². The zero-order chi connectivity index (χ0) is 19.0. The molecule has 0 aliphatic rings. The molecule has 0 atom stereocenters. The van der Waals surface area contributed by atoms with E-state index in [4.69, 9.17) is 0 Å². The van der Waals surface area contributed by atoms with Crippen molar-refractivity contribution in [3.8, 4) is 28.5 Å². The molecule has 7 heteroatoms. The average Bonchev–Trinajstić information content (AvgIpc) is 3.06. The number of hydrogen-bond acceptors (Lipinski definition) is 2. The molecule has 0 amide bonds. The van der Waals surface area contributed by atoms with E-state index >= 15 is 0 Å². The molecule has 0 unspecified atom stereocenters. The van der Waals surface area contributed by atoms with E-state index in [1.807, 2.05) is 0 Å². The topological polar surface area (TPSA) is 30.7 Å². The molecule has 1 aromatic heterocycles. The second-order valence-corrected chi connectivity index (χ2v) is 5.83. The fraction of sp³-hybridized carbons (Fsp3) is 0. The van der Waals surface area contributed by atoms with Gasteiger partial charge in [-0.15, -0.1) is 10.2 Å². The number of aromatic nitrogens is 3. The van der Waals surface area contributed by atoms with Crippen LogP contribution in [0.15, 0.2) is 66.7 Å². The predicted octanol–water partition coefficient (Wildman–Crippen LogP) is 5.16. The Kier molecular flexibility index (Phi) is 4.19. The standard InChI is InChI=1S/C20H11F4N3/c21-14-6-12(7-15(22)10-14)19-25-26-20(13-8-16(23)11-17(24)9-13)27(19)18-4-2-1-3-5-18/h1-11H. The first-order valence-corrected chi connectivity index (χ1v) is 7.95. The van der Waals surface area contributed by atoms with Gasteiger partial charge in [-0.3, -0.25) is 4.57 Å². The molecule has 3 aromatic carbocycles. The summed E-state index contributed by atoms with van der Waals surface area (Å²) in [7, 11) is 0. The average molecular weight is 369 g/mol. The lowest BCUT2D eigenvalue weighted by Gasteiger charge is -2.11. The van der Waals surface area contributed by atoms with Crippen molar-refractivity contribution >= 4 is 0 Å². The van der Waals surface area contributed by atoms with Gasteiger partial charge < -0.3 is 0 Å². The highest BCUT2D eigenvalue weighted by atomic mass is 19.1. The third kappa shape index (κ3) is 3.31. The minimum Gasteiger partial charge on any atom is -0.275 e. The number of rotatable bonds is 3. The van der Waals surface area contributed by atoms with E-state index in [1.165, 1.54) is 4.57 Å². The molecule has 0 saturated carbocycles. The molecule has 0 saturated heterocycles. The van der Waals surface area contributed by atoms with Crippen LogP contribution in [0, 0.1) is 23.3 Å². The van der Waals surface area contributed by atoms with E-state index in [-0.39, 0.29) is 22.8 Å². The van der Waals surface area contributed by atoms with E-state index in [9.17, 15) is 17.6 Å². The van der Waals surface area contributed by atoms with Crippen LogP contribution >= 0.6 is 0 Å². The zero-order valence-electron chi connectivity index (χ0n) is 13.7. The van der Waals surface area contributed by atoms with Crippen LogP contribution in [0.2, 0.25) is 0 Å². The molecule has 0 spiro atoms. The second kappa shape index (κ2) is 6.68. The van der Waals surface area contributed by atoms with Crippen molar-refractivity contribution in [3.05, 3.63) is 90.0 Å². The molecular formula is C20H11F4N3. The highest BCUT2D eigenvalue weighted by Crippen LogP contribution is 2.30. The van der Waals surface area contributed by atoms with Gasteiger partial charge in [0.15, 0.2) is 11.6 Å². The van der Waals surface area contributed by atoms with Gasteiger partial charge in [-0.2, -0.15) is 0 Å². The molecule has 0 N–H and O–H groups in total. The lowest BCUT2D eigenvalue weighted by Crippen LogP contribution is -2.01. The molecule has 0 aliphatic heterocycles.